The number of halogens is 1. The maximum Gasteiger partial charge on any atom is 0.328 e. The Balaban J connectivity index is 1.89. The van der Waals surface area contributed by atoms with Crippen molar-refractivity contribution in [3.63, 3.8) is 0 Å². The lowest BCUT2D eigenvalue weighted by Crippen LogP contribution is -2.43. The van der Waals surface area contributed by atoms with Gasteiger partial charge in [-0.2, -0.15) is 11.8 Å². The number of thioether (sulfide) groups is 1. The van der Waals surface area contributed by atoms with Crippen molar-refractivity contribution in [2.45, 2.75) is 39.0 Å². The topological polar surface area (TPSA) is 73.2 Å². The van der Waals surface area contributed by atoms with Crippen LogP contribution in [-0.4, -0.2) is 45.6 Å². The standard InChI is InChI=1S/C27H30FN3O3S/c1-19(2)34-27(33)25(12-16-35-3)30-26(32)23-11-6-20(5-4-14-31-15-13-29-18-31)17-24(23)21-7-9-22(28)10-8-21/h4-11,13,15,17-19,25H,12,14,16H2,1-3H3,(H,30,32)/b5-4+/t25-/m0/s1. The summed E-state index contributed by atoms with van der Waals surface area (Å²) in [7, 11) is 0. The molecule has 1 N–H and O–H groups in total. The van der Waals surface area contributed by atoms with E-state index >= 15 is 0 Å². The highest BCUT2D eigenvalue weighted by Crippen LogP contribution is 2.26. The molecule has 0 saturated carbocycles. The van der Waals surface area contributed by atoms with Gasteiger partial charge in [-0.15, -0.1) is 0 Å². The fourth-order valence-corrected chi connectivity index (χ4v) is 3.94. The Bertz CT molecular complexity index is 1140. The number of esters is 1. The van der Waals surface area contributed by atoms with Gasteiger partial charge in [0.25, 0.3) is 5.91 Å². The van der Waals surface area contributed by atoms with Gasteiger partial charge in [0.2, 0.25) is 0 Å². The van der Waals surface area contributed by atoms with E-state index in [0.717, 1.165) is 5.56 Å². The number of nitrogens with one attached hydrogen (secondary N) is 1. The average Bonchev–Trinajstić information content (AvgIpc) is 3.35. The van der Waals surface area contributed by atoms with Crippen LogP contribution < -0.4 is 5.32 Å². The summed E-state index contributed by atoms with van der Waals surface area (Å²) in [5, 5.41) is 2.85. The first-order chi connectivity index (χ1) is 16.9. The SMILES string of the molecule is CSCC[C@H](NC(=O)c1ccc(/C=C/Cn2ccnc2)cc1-c1ccc(F)cc1)C(=O)OC(C)C. The number of rotatable bonds is 11. The Kier molecular flexibility index (Phi) is 9.66. The lowest BCUT2D eigenvalue weighted by atomic mass is 9.96. The summed E-state index contributed by atoms with van der Waals surface area (Å²) in [6.07, 6.45) is 11.4. The number of ether oxygens (including phenoxy) is 1. The zero-order chi connectivity index (χ0) is 25.2. The monoisotopic (exact) mass is 495 g/mol. The molecule has 1 aromatic heterocycles. The van der Waals surface area contributed by atoms with Crippen molar-refractivity contribution in [1.29, 1.82) is 0 Å². The van der Waals surface area contributed by atoms with Crippen LogP contribution in [0.5, 0.6) is 0 Å². The number of hydrogen-bond acceptors (Lipinski definition) is 5. The van der Waals surface area contributed by atoms with E-state index in [2.05, 4.69) is 10.3 Å². The molecule has 0 bridgehead atoms. The summed E-state index contributed by atoms with van der Waals surface area (Å²) in [5.74, 6) is -0.497. The van der Waals surface area contributed by atoms with Gasteiger partial charge in [0.15, 0.2) is 0 Å². The van der Waals surface area contributed by atoms with E-state index in [1.54, 1.807) is 56.3 Å². The van der Waals surface area contributed by atoms with Crippen LogP contribution in [0, 0.1) is 5.82 Å². The fourth-order valence-electron chi connectivity index (χ4n) is 3.47. The minimum atomic E-state index is -0.756. The molecule has 0 unspecified atom stereocenters. The third kappa shape index (κ3) is 7.82. The minimum absolute atomic E-state index is 0.278. The highest BCUT2D eigenvalue weighted by molar-refractivity contribution is 7.98. The zero-order valence-corrected chi connectivity index (χ0v) is 20.9. The van der Waals surface area contributed by atoms with Crippen molar-refractivity contribution in [3.05, 3.63) is 84.2 Å². The Morgan fingerprint density at radius 1 is 1.20 bits per heavy atom. The maximum absolute atomic E-state index is 13.6. The van der Waals surface area contributed by atoms with Crippen molar-refractivity contribution in [2.75, 3.05) is 12.0 Å². The van der Waals surface area contributed by atoms with Gasteiger partial charge in [-0.25, -0.2) is 14.2 Å². The van der Waals surface area contributed by atoms with Crippen LogP contribution in [-0.2, 0) is 16.1 Å². The van der Waals surface area contributed by atoms with Crippen LogP contribution >= 0.6 is 11.8 Å². The number of nitrogens with zero attached hydrogens (tertiary/aromatic N) is 2. The van der Waals surface area contributed by atoms with E-state index in [0.29, 0.717) is 35.4 Å². The molecule has 0 fully saturated rings. The summed E-state index contributed by atoms with van der Waals surface area (Å²) in [4.78, 5) is 29.9. The van der Waals surface area contributed by atoms with Crippen LogP contribution in [0.1, 0.15) is 36.2 Å². The summed E-state index contributed by atoms with van der Waals surface area (Å²) in [6, 6.07) is 10.7. The molecule has 6 nitrogen and oxygen atoms in total. The Labute approximate surface area is 209 Å². The molecule has 8 heteroatoms. The van der Waals surface area contributed by atoms with E-state index in [-0.39, 0.29) is 17.8 Å². The van der Waals surface area contributed by atoms with Crippen LogP contribution in [0.3, 0.4) is 0 Å². The number of allylic oxidation sites excluding steroid dienone is 1. The van der Waals surface area contributed by atoms with Crippen LogP contribution in [0.15, 0.2) is 67.3 Å². The Hall–Kier alpha value is -3.39. The minimum Gasteiger partial charge on any atom is -0.461 e. The fraction of sp³-hybridized carbons (Fsp3) is 0.296. The van der Waals surface area contributed by atoms with Crippen molar-refractivity contribution >= 4 is 29.7 Å². The zero-order valence-electron chi connectivity index (χ0n) is 20.1. The summed E-state index contributed by atoms with van der Waals surface area (Å²) in [6.45, 7) is 4.21. The van der Waals surface area contributed by atoms with Crippen molar-refractivity contribution in [3.8, 4) is 11.1 Å². The number of aromatic nitrogens is 2. The number of imidazole rings is 1. The third-order valence-electron chi connectivity index (χ3n) is 5.18. The molecule has 0 aliphatic heterocycles. The predicted octanol–water partition coefficient (Wildman–Crippen LogP) is 5.21. The molecule has 0 aliphatic rings. The number of benzene rings is 2. The molecular weight excluding hydrogens is 465 g/mol. The molecule has 35 heavy (non-hydrogen) atoms. The molecule has 0 saturated heterocycles. The van der Waals surface area contributed by atoms with Gasteiger partial charge < -0.3 is 14.6 Å². The first-order valence-electron chi connectivity index (χ1n) is 11.4. The highest BCUT2D eigenvalue weighted by atomic mass is 32.2. The molecule has 0 spiro atoms. The molecule has 3 rings (SSSR count). The van der Waals surface area contributed by atoms with Crippen LogP contribution in [0.25, 0.3) is 17.2 Å². The lowest BCUT2D eigenvalue weighted by Gasteiger charge is -2.20. The van der Waals surface area contributed by atoms with Gasteiger partial charge in [-0.05, 0) is 73.2 Å². The second-order valence-corrected chi connectivity index (χ2v) is 9.25. The number of amides is 1. The Morgan fingerprint density at radius 3 is 2.63 bits per heavy atom. The molecule has 0 radical (unpaired) electrons. The van der Waals surface area contributed by atoms with E-state index in [1.807, 2.05) is 41.3 Å². The average molecular weight is 496 g/mol. The summed E-state index contributed by atoms with van der Waals surface area (Å²) >= 11 is 1.59. The molecular formula is C27H30FN3O3S. The van der Waals surface area contributed by atoms with E-state index in [4.69, 9.17) is 4.74 Å². The van der Waals surface area contributed by atoms with Crippen molar-refractivity contribution in [2.24, 2.45) is 0 Å². The lowest BCUT2D eigenvalue weighted by molar-refractivity contribution is -0.149. The molecule has 1 heterocycles. The first-order valence-corrected chi connectivity index (χ1v) is 12.8. The molecule has 1 amide bonds. The van der Waals surface area contributed by atoms with Crippen molar-refractivity contribution < 1.29 is 18.7 Å². The van der Waals surface area contributed by atoms with Crippen LogP contribution in [0.2, 0.25) is 0 Å². The molecule has 2 aromatic carbocycles. The summed E-state index contributed by atoms with van der Waals surface area (Å²) in [5.41, 5.74) is 2.63. The van der Waals surface area contributed by atoms with Crippen LogP contribution in [0.4, 0.5) is 4.39 Å². The third-order valence-corrected chi connectivity index (χ3v) is 5.83. The molecule has 184 valence electrons. The summed E-state index contributed by atoms with van der Waals surface area (Å²) < 4.78 is 20.9. The van der Waals surface area contributed by atoms with Gasteiger partial charge in [-0.1, -0.05) is 30.4 Å². The van der Waals surface area contributed by atoms with E-state index in [1.165, 1.54) is 12.1 Å². The second kappa shape index (κ2) is 12.9. The largest absolute Gasteiger partial charge is 0.461 e. The molecule has 1 atom stereocenters. The number of carbonyl (C=O) groups is 2. The van der Waals surface area contributed by atoms with E-state index < -0.39 is 12.0 Å². The molecule has 0 aliphatic carbocycles. The normalized spacial score (nSPS) is 12.1. The van der Waals surface area contributed by atoms with Gasteiger partial charge in [-0.3, -0.25) is 4.79 Å². The first kappa shape index (κ1) is 26.2. The van der Waals surface area contributed by atoms with E-state index in [9.17, 15) is 14.0 Å². The second-order valence-electron chi connectivity index (χ2n) is 8.27. The molecule has 3 aromatic rings. The van der Waals surface area contributed by atoms with Gasteiger partial charge in [0.05, 0.1) is 12.4 Å². The van der Waals surface area contributed by atoms with Gasteiger partial charge >= 0.3 is 5.97 Å². The quantitative estimate of drug-likeness (QED) is 0.370. The number of hydrogen-bond donors (Lipinski definition) is 1. The predicted molar refractivity (Wildman–Crippen MR) is 139 cm³/mol. The smallest absolute Gasteiger partial charge is 0.328 e. The van der Waals surface area contributed by atoms with Crippen molar-refractivity contribution in [1.82, 2.24) is 14.9 Å². The maximum atomic E-state index is 13.6. The number of carbonyl (C=O) groups excluding carboxylic acids is 2. The van der Waals surface area contributed by atoms with Gasteiger partial charge in [0.1, 0.15) is 11.9 Å². The Morgan fingerprint density at radius 2 is 1.97 bits per heavy atom. The van der Waals surface area contributed by atoms with Gasteiger partial charge in [0, 0.05) is 24.5 Å². The highest BCUT2D eigenvalue weighted by Gasteiger charge is 2.24.